The summed E-state index contributed by atoms with van der Waals surface area (Å²) < 4.78 is 14.0. The Hall–Kier alpha value is -1.46. The van der Waals surface area contributed by atoms with Gasteiger partial charge in [-0.1, -0.05) is 18.9 Å². The summed E-state index contributed by atoms with van der Waals surface area (Å²) in [7, 11) is 0. The highest BCUT2D eigenvalue weighted by atomic mass is 32.1. The first-order chi connectivity index (χ1) is 10.2. The van der Waals surface area contributed by atoms with Gasteiger partial charge in [0, 0.05) is 10.7 Å². The molecule has 3 nitrogen and oxygen atoms in total. The fourth-order valence-corrected chi connectivity index (χ4v) is 4.03. The molecule has 21 heavy (non-hydrogen) atoms. The third-order valence-electron chi connectivity index (χ3n) is 4.23. The second-order valence-corrected chi connectivity index (χ2v) is 6.74. The maximum atomic E-state index is 13.2. The smallest absolute Gasteiger partial charge is 0.261 e. The van der Waals surface area contributed by atoms with Crippen LogP contribution < -0.4 is 11.1 Å². The minimum atomic E-state index is -0.271. The molecule has 2 atom stereocenters. The molecular formula is C16H19FN2OS. The number of carbonyl (C=O) groups is 1. The van der Waals surface area contributed by atoms with Gasteiger partial charge in [0.05, 0.1) is 4.88 Å². The molecule has 1 heterocycles. The molecule has 1 fully saturated rings. The van der Waals surface area contributed by atoms with Crippen LogP contribution in [0.25, 0.3) is 10.1 Å². The highest BCUT2D eigenvalue weighted by molar-refractivity contribution is 7.20. The zero-order valence-corrected chi connectivity index (χ0v) is 12.6. The molecule has 5 heteroatoms. The molecule has 1 aliphatic carbocycles. The molecule has 0 radical (unpaired) electrons. The summed E-state index contributed by atoms with van der Waals surface area (Å²) in [6, 6.07) is 6.59. The number of halogens is 1. The molecule has 1 aromatic carbocycles. The SMILES string of the molecule is NCC1CCCCC1NC(=O)c1cc2ccc(F)cc2s1. The molecule has 1 saturated carbocycles. The number of benzene rings is 1. The Bertz CT molecular complexity index is 655. The van der Waals surface area contributed by atoms with Crippen molar-refractivity contribution in [3.63, 3.8) is 0 Å². The van der Waals surface area contributed by atoms with E-state index in [2.05, 4.69) is 5.32 Å². The van der Waals surface area contributed by atoms with Crippen LogP contribution in [0.4, 0.5) is 4.39 Å². The van der Waals surface area contributed by atoms with E-state index < -0.39 is 0 Å². The molecule has 2 aromatic rings. The summed E-state index contributed by atoms with van der Waals surface area (Å²) >= 11 is 1.33. The lowest BCUT2D eigenvalue weighted by Gasteiger charge is -2.31. The Labute approximate surface area is 127 Å². The normalized spacial score (nSPS) is 22.4. The van der Waals surface area contributed by atoms with Crippen LogP contribution in [0.15, 0.2) is 24.3 Å². The molecule has 1 aromatic heterocycles. The van der Waals surface area contributed by atoms with Gasteiger partial charge in [0.2, 0.25) is 0 Å². The molecule has 0 saturated heterocycles. The lowest BCUT2D eigenvalue weighted by Crippen LogP contribution is -2.44. The van der Waals surface area contributed by atoms with E-state index in [4.69, 9.17) is 5.73 Å². The Morgan fingerprint density at radius 3 is 2.95 bits per heavy atom. The second kappa shape index (κ2) is 6.12. The number of rotatable bonds is 3. The van der Waals surface area contributed by atoms with Crippen molar-refractivity contribution in [2.45, 2.75) is 31.7 Å². The lowest BCUT2D eigenvalue weighted by atomic mass is 9.84. The molecular weight excluding hydrogens is 287 g/mol. The van der Waals surface area contributed by atoms with Gasteiger partial charge in [-0.15, -0.1) is 11.3 Å². The number of amides is 1. The van der Waals surface area contributed by atoms with Crippen molar-refractivity contribution in [3.8, 4) is 0 Å². The van der Waals surface area contributed by atoms with Crippen LogP contribution in [-0.2, 0) is 0 Å². The van der Waals surface area contributed by atoms with Crippen molar-refractivity contribution in [2.75, 3.05) is 6.54 Å². The summed E-state index contributed by atoms with van der Waals surface area (Å²) in [5, 5.41) is 4.02. The van der Waals surface area contributed by atoms with E-state index in [0.29, 0.717) is 17.3 Å². The van der Waals surface area contributed by atoms with E-state index in [1.807, 2.05) is 6.07 Å². The van der Waals surface area contributed by atoms with Crippen LogP contribution in [0.2, 0.25) is 0 Å². The van der Waals surface area contributed by atoms with E-state index in [0.717, 1.165) is 29.3 Å². The number of carbonyl (C=O) groups excluding carboxylic acids is 1. The number of hydrogen-bond acceptors (Lipinski definition) is 3. The van der Waals surface area contributed by atoms with Crippen LogP contribution in [0.5, 0.6) is 0 Å². The highest BCUT2D eigenvalue weighted by Gasteiger charge is 2.26. The fourth-order valence-electron chi connectivity index (χ4n) is 3.04. The molecule has 3 rings (SSSR count). The average molecular weight is 306 g/mol. The third kappa shape index (κ3) is 3.09. The zero-order chi connectivity index (χ0) is 14.8. The summed E-state index contributed by atoms with van der Waals surface area (Å²) in [4.78, 5) is 13.0. The van der Waals surface area contributed by atoms with Gasteiger partial charge in [-0.3, -0.25) is 4.79 Å². The molecule has 1 amide bonds. The molecule has 3 N–H and O–H groups in total. The number of nitrogens with one attached hydrogen (secondary N) is 1. The number of fused-ring (bicyclic) bond motifs is 1. The maximum Gasteiger partial charge on any atom is 0.261 e. The summed E-state index contributed by atoms with van der Waals surface area (Å²) in [6.45, 7) is 0.614. The number of nitrogens with two attached hydrogens (primary N) is 1. The predicted molar refractivity (Wildman–Crippen MR) is 84.0 cm³/mol. The van der Waals surface area contributed by atoms with Gasteiger partial charge >= 0.3 is 0 Å². The topological polar surface area (TPSA) is 55.1 Å². The van der Waals surface area contributed by atoms with Crippen molar-refractivity contribution in [1.82, 2.24) is 5.32 Å². The van der Waals surface area contributed by atoms with Crippen LogP contribution in [0, 0.1) is 11.7 Å². The van der Waals surface area contributed by atoms with Crippen molar-refractivity contribution >= 4 is 27.3 Å². The van der Waals surface area contributed by atoms with Crippen molar-refractivity contribution in [2.24, 2.45) is 11.7 Å². The van der Waals surface area contributed by atoms with Gasteiger partial charge in [0.25, 0.3) is 5.91 Å². The standard InChI is InChI=1S/C16H19FN2OS/c17-12-6-5-10-7-15(21-14(10)8-12)16(20)19-13-4-2-1-3-11(13)9-18/h5-8,11,13H,1-4,9,18H2,(H,19,20). The summed E-state index contributed by atoms with van der Waals surface area (Å²) in [5.74, 6) is 0.0308. The molecule has 0 bridgehead atoms. The Balaban J connectivity index is 1.77. The maximum absolute atomic E-state index is 13.2. The van der Waals surface area contributed by atoms with Gasteiger partial charge in [-0.25, -0.2) is 4.39 Å². The Morgan fingerprint density at radius 2 is 2.14 bits per heavy atom. The molecule has 1 aliphatic rings. The second-order valence-electron chi connectivity index (χ2n) is 5.65. The quantitative estimate of drug-likeness (QED) is 0.914. The van der Waals surface area contributed by atoms with E-state index in [-0.39, 0.29) is 17.8 Å². The minimum absolute atomic E-state index is 0.0676. The van der Waals surface area contributed by atoms with Crippen LogP contribution in [-0.4, -0.2) is 18.5 Å². The van der Waals surface area contributed by atoms with Crippen molar-refractivity contribution in [1.29, 1.82) is 0 Å². The molecule has 0 spiro atoms. The van der Waals surface area contributed by atoms with Crippen LogP contribution in [0.1, 0.15) is 35.4 Å². The van der Waals surface area contributed by atoms with E-state index in [9.17, 15) is 9.18 Å². The van der Waals surface area contributed by atoms with E-state index >= 15 is 0 Å². The van der Waals surface area contributed by atoms with E-state index in [1.165, 1.54) is 29.9 Å². The lowest BCUT2D eigenvalue weighted by molar-refractivity contribution is 0.0912. The molecule has 112 valence electrons. The fraction of sp³-hybridized carbons (Fsp3) is 0.438. The summed E-state index contributed by atoms with van der Waals surface area (Å²) in [5.41, 5.74) is 5.80. The average Bonchev–Trinajstić information content (AvgIpc) is 2.91. The Morgan fingerprint density at radius 1 is 1.33 bits per heavy atom. The van der Waals surface area contributed by atoms with Gasteiger partial charge in [0.15, 0.2) is 0 Å². The summed E-state index contributed by atoms with van der Waals surface area (Å²) in [6.07, 6.45) is 4.40. The Kier molecular flexibility index (Phi) is 4.22. The monoisotopic (exact) mass is 306 g/mol. The van der Waals surface area contributed by atoms with E-state index in [1.54, 1.807) is 6.07 Å². The van der Waals surface area contributed by atoms with Gasteiger partial charge in [0.1, 0.15) is 5.82 Å². The first-order valence-corrected chi connectivity index (χ1v) is 8.19. The number of thiophene rings is 1. The van der Waals surface area contributed by atoms with Gasteiger partial charge < -0.3 is 11.1 Å². The van der Waals surface area contributed by atoms with Gasteiger partial charge in [-0.2, -0.15) is 0 Å². The number of hydrogen-bond donors (Lipinski definition) is 2. The zero-order valence-electron chi connectivity index (χ0n) is 11.8. The van der Waals surface area contributed by atoms with Crippen molar-refractivity contribution < 1.29 is 9.18 Å². The van der Waals surface area contributed by atoms with Crippen molar-refractivity contribution in [3.05, 3.63) is 35.0 Å². The first-order valence-electron chi connectivity index (χ1n) is 7.37. The first kappa shape index (κ1) is 14.5. The van der Waals surface area contributed by atoms with Crippen LogP contribution in [0.3, 0.4) is 0 Å². The minimum Gasteiger partial charge on any atom is -0.348 e. The predicted octanol–water partition coefficient (Wildman–Crippen LogP) is 3.29. The molecule has 2 unspecified atom stereocenters. The molecule has 0 aliphatic heterocycles. The highest BCUT2D eigenvalue weighted by Crippen LogP contribution is 2.28. The van der Waals surface area contributed by atoms with Crippen LogP contribution >= 0.6 is 11.3 Å². The van der Waals surface area contributed by atoms with Gasteiger partial charge in [-0.05, 0) is 48.9 Å². The third-order valence-corrected chi connectivity index (χ3v) is 5.33. The largest absolute Gasteiger partial charge is 0.348 e.